The lowest BCUT2D eigenvalue weighted by Crippen LogP contribution is -2.19. The van der Waals surface area contributed by atoms with E-state index in [2.05, 4.69) is 20.3 Å². The molecule has 0 amide bonds. The highest BCUT2D eigenvalue weighted by molar-refractivity contribution is 5.63. The van der Waals surface area contributed by atoms with Crippen LogP contribution in [-0.2, 0) is 10.7 Å². The highest BCUT2D eigenvalue weighted by Gasteiger charge is 2.29. The fourth-order valence-electron chi connectivity index (χ4n) is 2.10. The maximum absolute atomic E-state index is 13.5. The van der Waals surface area contributed by atoms with E-state index in [1.54, 1.807) is 38.6 Å². The van der Waals surface area contributed by atoms with E-state index in [1.165, 1.54) is 0 Å². The molecule has 2 rings (SSSR count). The Kier molecular flexibility index (Phi) is 6.19. The molecule has 0 radical (unpaired) electrons. The van der Waals surface area contributed by atoms with E-state index in [0.29, 0.717) is 23.7 Å². The third kappa shape index (κ3) is 5.32. The van der Waals surface area contributed by atoms with Gasteiger partial charge in [0.25, 0.3) is 0 Å². The first kappa shape index (κ1) is 19.0. The van der Waals surface area contributed by atoms with Crippen LogP contribution in [-0.4, -0.2) is 34.8 Å². The van der Waals surface area contributed by atoms with E-state index in [4.69, 9.17) is 9.47 Å². The Balaban J connectivity index is 2.22. The molecular formula is C17H22F2N4O2. The Morgan fingerprint density at radius 1 is 1.32 bits per heavy atom. The van der Waals surface area contributed by atoms with Gasteiger partial charge < -0.3 is 14.8 Å². The first-order chi connectivity index (χ1) is 11.8. The van der Waals surface area contributed by atoms with Crippen LogP contribution in [0, 0.1) is 6.92 Å². The number of halogens is 2. The van der Waals surface area contributed by atoms with Gasteiger partial charge in [0.05, 0.1) is 18.0 Å². The largest absolute Gasteiger partial charge is 0.487 e. The van der Waals surface area contributed by atoms with E-state index in [-0.39, 0.29) is 11.9 Å². The van der Waals surface area contributed by atoms with Crippen molar-refractivity contribution in [2.24, 2.45) is 0 Å². The Labute approximate surface area is 145 Å². The van der Waals surface area contributed by atoms with Crippen LogP contribution >= 0.6 is 0 Å². The smallest absolute Gasteiger partial charge is 0.303 e. The van der Waals surface area contributed by atoms with Gasteiger partial charge in [-0.25, -0.2) is 9.97 Å². The second-order valence-electron chi connectivity index (χ2n) is 5.68. The molecule has 0 aliphatic rings. The zero-order valence-electron chi connectivity index (χ0n) is 14.7. The Morgan fingerprint density at radius 2 is 2.08 bits per heavy atom. The SMILES string of the molecule is CCC(COc1cnccc1Nc1cc(C)nc(C(C)(F)F)n1)OC. The number of alkyl halides is 2. The first-order valence-electron chi connectivity index (χ1n) is 7.94. The molecule has 6 nitrogen and oxygen atoms in total. The van der Waals surface area contributed by atoms with Gasteiger partial charge in [0.15, 0.2) is 5.75 Å². The minimum Gasteiger partial charge on any atom is -0.487 e. The molecule has 1 atom stereocenters. The molecule has 136 valence electrons. The van der Waals surface area contributed by atoms with Crippen molar-refractivity contribution in [1.29, 1.82) is 0 Å². The van der Waals surface area contributed by atoms with Crippen molar-refractivity contribution in [2.45, 2.75) is 39.2 Å². The van der Waals surface area contributed by atoms with Crippen molar-refractivity contribution in [1.82, 2.24) is 15.0 Å². The molecule has 0 spiro atoms. The van der Waals surface area contributed by atoms with Gasteiger partial charge in [0, 0.05) is 32.0 Å². The minimum absolute atomic E-state index is 0.0419. The highest BCUT2D eigenvalue weighted by Crippen LogP contribution is 2.29. The monoisotopic (exact) mass is 352 g/mol. The standard InChI is InChI=1S/C17H22F2N4O2/c1-5-12(24-4)10-25-14-9-20-7-6-13(14)22-15-8-11(2)21-16(23-15)17(3,18)19/h6-9,12H,5,10H2,1-4H3,(H,20,21,22,23). The molecule has 2 aromatic heterocycles. The number of nitrogens with zero attached hydrogens (tertiary/aromatic N) is 3. The van der Waals surface area contributed by atoms with Gasteiger partial charge >= 0.3 is 5.92 Å². The Morgan fingerprint density at radius 3 is 2.72 bits per heavy atom. The quantitative estimate of drug-likeness (QED) is 0.778. The summed E-state index contributed by atoms with van der Waals surface area (Å²) >= 11 is 0. The van der Waals surface area contributed by atoms with Crippen molar-refractivity contribution in [3.8, 4) is 5.75 Å². The fourth-order valence-corrected chi connectivity index (χ4v) is 2.10. The van der Waals surface area contributed by atoms with Gasteiger partial charge in [0.1, 0.15) is 12.4 Å². The molecule has 0 aromatic carbocycles. The van der Waals surface area contributed by atoms with Crippen LogP contribution in [0.15, 0.2) is 24.5 Å². The average molecular weight is 352 g/mol. The van der Waals surface area contributed by atoms with Crippen LogP contribution in [0.1, 0.15) is 31.8 Å². The van der Waals surface area contributed by atoms with Crippen LogP contribution in [0.5, 0.6) is 5.75 Å². The predicted molar refractivity (Wildman–Crippen MR) is 90.4 cm³/mol. The molecule has 0 bridgehead atoms. The zero-order valence-corrected chi connectivity index (χ0v) is 14.7. The fraction of sp³-hybridized carbons (Fsp3) is 0.471. The molecule has 2 heterocycles. The average Bonchev–Trinajstić information content (AvgIpc) is 2.56. The summed E-state index contributed by atoms with van der Waals surface area (Å²) in [5.41, 5.74) is 1.01. The van der Waals surface area contributed by atoms with Crippen molar-refractivity contribution < 1.29 is 18.3 Å². The summed E-state index contributed by atoms with van der Waals surface area (Å²) in [5, 5.41) is 3.00. The van der Waals surface area contributed by atoms with Crippen molar-refractivity contribution in [3.05, 3.63) is 36.0 Å². The summed E-state index contributed by atoms with van der Waals surface area (Å²) in [7, 11) is 1.62. The van der Waals surface area contributed by atoms with Crippen molar-refractivity contribution in [3.63, 3.8) is 0 Å². The maximum atomic E-state index is 13.5. The molecule has 0 fully saturated rings. The van der Waals surface area contributed by atoms with Gasteiger partial charge in [-0.1, -0.05) is 6.92 Å². The number of aromatic nitrogens is 3. The zero-order chi connectivity index (χ0) is 18.4. The second-order valence-corrected chi connectivity index (χ2v) is 5.68. The Bertz CT molecular complexity index is 703. The number of anilines is 2. The number of rotatable bonds is 8. The minimum atomic E-state index is -3.12. The number of aryl methyl sites for hydroxylation is 1. The molecule has 0 aliphatic heterocycles. The number of ether oxygens (including phenoxy) is 2. The molecule has 2 aromatic rings. The summed E-state index contributed by atoms with van der Waals surface area (Å²) in [6.45, 7) is 4.75. The molecule has 1 N–H and O–H groups in total. The normalized spacial score (nSPS) is 12.7. The molecule has 0 aliphatic carbocycles. The molecule has 25 heavy (non-hydrogen) atoms. The van der Waals surface area contributed by atoms with Crippen LogP contribution in [0.3, 0.4) is 0 Å². The Hall–Kier alpha value is -2.35. The van der Waals surface area contributed by atoms with Gasteiger partial charge in [-0.15, -0.1) is 0 Å². The van der Waals surface area contributed by atoms with Crippen LogP contribution in [0.25, 0.3) is 0 Å². The third-order valence-corrected chi connectivity index (χ3v) is 3.51. The van der Waals surface area contributed by atoms with Gasteiger partial charge in [-0.2, -0.15) is 8.78 Å². The van der Waals surface area contributed by atoms with E-state index >= 15 is 0 Å². The third-order valence-electron chi connectivity index (χ3n) is 3.51. The summed E-state index contributed by atoms with van der Waals surface area (Å²) < 4.78 is 38.1. The summed E-state index contributed by atoms with van der Waals surface area (Å²) in [6.07, 6.45) is 3.89. The van der Waals surface area contributed by atoms with E-state index in [9.17, 15) is 8.78 Å². The number of nitrogens with one attached hydrogen (secondary N) is 1. The van der Waals surface area contributed by atoms with Crippen molar-refractivity contribution in [2.75, 3.05) is 19.0 Å². The lowest BCUT2D eigenvalue weighted by atomic mass is 10.3. The first-order valence-corrected chi connectivity index (χ1v) is 7.94. The summed E-state index contributed by atoms with van der Waals surface area (Å²) in [6, 6.07) is 3.27. The number of hydrogen-bond acceptors (Lipinski definition) is 6. The number of methoxy groups -OCH3 is 1. The molecule has 0 saturated carbocycles. The van der Waals surface area contributed by atoms with Gasteiger partial charge in [0.2, 0.25) is 5.82 Å². The second kappa shape index (κ2) is 8.15. The van der Waals surface area contributed by atoms with E-state index < -0.39 is 11.7 Å². The van der Waals surface area contributed by atoms with Crippen LogP contribution < -0.4 is 10.1 Å². The molecule has 1 unspecified atom stereocenters. The van der Waals surface area contributed by atoms with E-state index in [1.807, 2.05) is 6.92 Å². The van der Waals surface area contributed by atoms with E-state index in [0.717, 1.165) is 13.3 Å². The lowest BCUT2D eigenvalue weighted by molar-refractivity contribution is 0.00766. The molecule has 8 heteroatoms. The number of pyridine rings is 1. The summed E-state index contributed by atoms with van der Waals surface area (Å²) in [4.78, 5) is 11.7. The number of hydrogen-bond donors (Lipinski definition) is 1. The molecule has 0 saturated heterocycles. The summed E-state index contributed by atoms with van der Waals surface area (Å²) in [5.74, 6) is -2.90. The van der Waals surface area contributed by atoms with Crippen LogP contribution in [0.4, 0.5) is 20.3 Å². The topological polar surface area (TPSA) is 69.2 Å². The predicted octanol–water partition coefficient (Wildman–Crippen LogP) is 3.84. The van der Waals surface area contributed by atoms with Crippen LogP contribution in [0.2, 0.25) is 0 Å². The maximum Gasteiger partial charge on any atom is 0.303 e. The highest BCUT2D eigenvalue weighted by atomic mass is 19.3. The lowest BCUT2D eigenvalue weighted by Gasteiger charge is -2.17. The molecular weight excluding hydrogens is 330 g/mol. The van der Waals surface area contributed by atoms with Gasteiger partial charge in [-0.3, -0.25) is 4.98 Å². The van der Waals surface area contributed by atoms with Gasteiger partial charge in [-0.05, 0) is 19.4 Å². The van der Waals surface area contributed by atoms with Crippen molar-refractivity contribution >= 4 is 11.5 Å².